The van der Waals surface area contributed by atoms with E-state index >= 15 is 0 Å². The summed E-state index contributed by atoms with van der Waals surface area (Å²) < 4.78 is 26.8. The van der Waals surface area contributed by atoms with Crippen LogP contribution in [0.25, 0.3) is 6.08 Å². The molecule has 0 saturated carbocycles. The standard InChI is InChI=1S/C17H15F2NO/c1-2-12-6-8-13(9-7-12)20-17(21)11-10-14-15(18)4-3-5-16(14)19/h3-11H,2H2,1H3,(H,20,21)/b11-10+. The molecule has 2 rings (SSSR count). The molecule has 0 aliphatic heterocycles. The molecule has 1 N–H and O–H groups in total. The van der Waals surface area contributed by atoms with Crippen LogP contribution in [0, 0.1) is 11.6 Å². The maximum atomic E-state index is 13.4. The number of carbonyl (C=O) groups excluding carboxylic acids is 1. The third-order valence-electron chi connectivity index (χ3n) is 3.03. The minimum absolute atomic E-state index is 0.228. The third kappa shape index (κ3) is 3.99. The van der Waals surface area contributed by atoms with E-state index in [1.807, 2.05) is 19.1 Å². The van der Waals surface area contributed by atoms with Gasteiger partial charge in [0.2, 0.25) is 5.91 Å². The highest BCUT2D eigenvalue weighted by Crippen LogP contribution is 2.14. The van der Waals surface area contributed by atoms with E-state index in [0.717, 1.165) is 36.3 Å². The van der Waals surface area contributed by atoms with Crippen LogP contribution in [0.2, 0.25) is 0 Å². The van der Waals surface area contributed by atoms with Crippen LogP contribution in [0.5, 0.6) is 0 Å². The molecule has 0 heterocycles. The SMILES string of the molecule is CCc1ccc(NC(=O)/C=C/c2c(F)cccc2F)cc1. The van der Waals surface area contributed by atoms with Crippen LogP contribution in [-0.4, -0.2) is 5.91 Å². The second kappa shape index (κ2) is 6.79. The van der Waals surface area contributed by atoms with E-state index in [9.17, 15) is 13.6 Å². The van der Waals surface area contributed by atoms with Crippen molar-refractivity contribution in [3.8, 4) is 0 Å². The van der Waals surface area contributed by atoms with Gasteiger partial charge in [0, 0.05) is 17.3 Å². The topological polar surface area (TPSA) is 29.1 Å². The number of hydrogen-bond donors (Lipinski definition) is 1. The highest BCUT2D eigenvalue weighted by molar-refractivity contribution is 6.01. The fourth-order valence-corrected chi connectivity index (χ4v) is 1.84. The van der Waals surface area contributed by atoms with Gasteiger partial charge in [-0.3, -0.25) is 4.79 Å². The van der Waals surface area contributed by atoms with Crippen LogP contribution in [-0.2, 0) is 11.2 Å². The third-order valence-corrected chi connectivity index (χ3v) is 3.03. The van der Waals surface area contributed by atoms with E-state index in [-0.39, 0.29) is 5.56 Å². The largest absolute Gasteiger partial charge is 0.323 e. The van der Waals surface area contributed by atoms with Gasteiger partial charge in [-0.25, -0.2) is 8.78 Å². The fraction of sp³-hybridized carbons (Fsp3) is 0.118. The van der Waals surface area contributed by atoms with Gasteiger partial charge in [0.15, 0.2) is 0 Å². The van der Waals surface area contributed by atoms with Gasteiger partial charge in [-0.15, -0.1) is 0 Å². The molecule has 0 bridgehead atoms. The Kier molecular flexibility index (Phi) is 4.82. The second-order valence-corrected chi connectivity index (χ2v) is 4.51. The van der Waals surface area contributed by atoms with E-state index in [0.29, 0.717) is 5.69 Å². The number of amides is 1. The summed E-state index contributed by atoms with van der Waals surface area (Å²) in [7, 11) is 0. The highest BCUT2D eigenvalue weighted by atomic mass is 19.1. The Morgan fingerprint density at radius 2 is 1.71 bits per heavy atom. The number of aryl methyl sites for hydroxylation is 1. The van der Waals surface area contributed by atoms with Crippen LogP contribution in [0.3, 0.4) is 0 Å². The molecule has 0 unspecified atom stereocenters. The molecule has 0 saturated heterocycles. The average molecular weight is 287 g/mol. The van der Waals surface area contributed by atoms with Crippen LogP contribution in [0.15, 0.2) is 48.5 Å². The van der Waals surface area contributed by atoms with Crippen molar-refractivity contribution in [3.63, 3.8) is 0 Å². The van der Waals surface area contributed by atoms with Crippen molar-refractivity contribution < 1.29 is 13.6 Å². The zero-order valence-corrected chi connectivity index (χ0v) is 11.6. The lowest BCUT2D eigenvalue weighted by molar-refractivity contribution is -0.111. The molecule has 0 radical (unpaired) electrons. The molecule has 108 valence electrons. The number of rotatable bonds is 4. The van der Waals surface area contributed by atoms with Crippen molar-refractivity contribution in [2.75, 3.05) is 5.32 Å². The zero-order chi connectivity index (χ0) is 15.2. The van der Waals surface area contributed by atoms with Crippen LogP contribution >= 0.6 is 0 Å². The summed E-state index contributed by atoms with van der Waals surface area (Å²) in [6.45, 7) is 2.04. The first-order valence-corrected chi connectivity index (χ1v) is 6.62. The van der Waals surface area contributed by atoms with Gasteiger partial charge in [0.05, 0.1) is 0 Å². The van der Waals surface area contributed by atoms with Crippen molar-refractivity contribution in [3.05, 3.63) is 71.3 Å². The zero-order valence-electron chi connectivity index (χ0n) is 11.6. The first kappa shape index (κ1) is 14.9. The molecule has 0 atom stereocenters. The quantitative estimate of drug-likeness (QED) is 0.840. The minimum atomic E-state index is -0.702. The molecule has 1 amide bonds. The fourth-order valence-electron chi connectivity index (χ4n) is 1.84. The number of halogens is 2. The smallest absolute Gasteiger partial charge is 0.248 e. The van der Waals surface area contributed by atoms with Crippen molar-refractivity contribution in [1.29, 1.82) is 0 Å². The van der Waals surface area contributed by atoms with Gasteiger partial charge in [0.1, 0.15) is 11.6 Å². The highest BCUT2D eigenvalue weighted by Gasteiger charge is 2.05. The van der Waals surface area contributed by atoms with Crippen molar-refractivity contribution in [2.45, 2.75) is 13.3 Å². The van der Waals surface area contributed by atoms with Crippen LogP contribution in [0.4, 0.5) is 14.5 Å². The van der Waals surface area contributed by atoms with Gasteiger partial charge in [-0.05, 0) is 42.3 Å². The molecule has 0 aromatic heterocycles. The van der Waals surface area contributed by atoms with E-state index in [1.165, 1.54) is 6.07 Å². The summed E-state index contributed by atoms with van der Waals surface area (Å²) in [6.07, 6.45) is 3.15. The normalized spacial score (nSPS) is 10.8. The summed E-state index contributed by atoms with van der Waals surface area (Å²) in [6, 6.07) is 11.0. The Hall–Kier alpha value is -2.49. The van der Waals surface area contributed by atoms with Crippen molar-refractivity contribution >= 4 is 17.7 Å². The number of benzene rings is 2. The summed E-state index contributed by atoms with van der Waals surface area (Å²) in [5, 5.41) is 2.63. The van der Waals surface area contributed by atoms with Gasteiger partial charge >= 0.3 is 0 Å². The summed E-state index contributed by atoms with van der Waals surface area (Å²) in [4.78, 5) is 11.7. The van der Waals surface area contributed by atoms with Crippen LogP contribution < -0.4 is 5.32 Å². The Morgan fingerprint density at radius 3 is 2.29 bits per heavy atom. The Morgan fingerprint density at radius 1 is 1.10 bits per heavy atom. The number of nitrogens with one attached hydrogen (secondary N) is 1. The Bertz CT molecular complexity index is 643. The van der Waals surface area contributed by atoms with E-state index in [1.54, 1.807) is 12.1 Å². The molecule has 2 aromatic carbocycles. The molecule has 2 aromatic rings. The van der Waals surface area contributed by atoms with Gasteiger partial charge in [-0.2, -0.15) is 0 Å². The molecular weight excluding hydrogens is 272 g/mol. The minimum Gasteiger partial charge on any atom is -0.323 e. The molecule has 0 fully saturated rings. The molecule has 4 heteroatoms. The second-order valence-electron chi connectivity index (χ2n) is 4.51. The number of hydrogen-bond acceptors (Lipinski definition) is 1. The van der Waals surface area contributed by atoms with E-state index in [4.69, 9.17) is 0 Å². The van der Waals surface area contributed by atoms with Crippen molar-refractivity contribution in [1.82, 2.24) is 0 Å². The molecule has 21 heavy (non-hydrogen) atoms. The predicted molar refractivity (Wildman–Crippen MR) is 79.8 cm³/mol. The Balaban J connectivity index is 2.05. The molecular formula is C17H15F2NO. The molecule has 0 aliphatic rings. The molecule has 2 nitrogen and oxygen atoms in total. The lowest BCUT2D eigenvalue weighted by Crippen LogP contribution is -2.07. The van der Waals surface area contributed by atoms with Crippen LogP contribution in [0.1, 0.15) is 18.1 Å². The first-order valence-electron chi connectivity index (χ1n) is 6.62. The monoisotopic (exact) mass is 287 g/mol. The maximum absolute atomic E-state index is 13.4. The lowest BCUT2D eigenvalue weighted by Gasteiger charge is -2.03. The van der Waals surface area contributed by atoms with E-state index in [2.05, 4.69) is 5.32 Å². The number of anilines is 1. The maximum Gasteiger partial charge on any atom is 0.248 e. The first-order chi connectivity index (χ1) is 10.1. The summed E-state index contributed by atoms with van der Waals surface area (Å²) >= 11 is 0. The molecule has 0 spiro atoms. The van der Waals surface area contributed by atoms with Crippen molar-refractivity contribution in [2.24, 2.45) is 0 Å². The summed E-state index contributed by atoms with van der Waals surface area (Å²) in [5.41, 5.74) is 1.57. The number of carbonyl (C=O) groups is 1. The average Bonchev–Trinajstić information content (AvgIpc) is 2.47. The summed E-state index contributed by atoms with van der Waals surface area (Å²) in [5.74, 6) is -1.85. The lowest BCUT2D eigenvalue weighted by atomic mass is 10.1. The Labute approximate surface area is 122 Å². The molecule has 0 aliphatic carbocycles. The van der Waals surface area contributed by atoms with E-state index < -0.39 is 17.5 Å². The predicted octanol–water partition coefficient (Wildman–Crippen LogP) is 4.18. The van der Waals surface area contributed by atoms with Gasteiger partial charge < -0.3 is 5.32 Å². The van der Waals surface area contributed by atoms with Gasteiger partial charge in [0.25, 0.3) is 0 Å². The van der Waals surface area contributed by atoms with Gasteiger partial charge in [-0.1, -0.05) is 25.1 Å².